The molecule has 0 aliphatic heterocycles. The average molecular weight is 290 g/mol. The average Bonchev–Trinajstić information content (AvgIpc) is 2.53. The Bertz CT molecular complexity index is 584. The first kappa shape index (κ1) is 14.8. The molecule has 0 aliphatic carbocycles. The summed E-state index contributed by atoms with van der Waals surface area (Å²) in [5, 5.41) is 10.6. The molecule has 0 saturated carbocycles. The summed E-state index contributed by atoms with van der Waals surface area (Å²) in [4.78, 5) is 1.06. The minimum absolute atomic E-state index is 0.616. The summed E-state index contributed by atoms with van der Waals surface area (Å²) < 4.78 is 10.5. The molecule has 0 fully saturated rings. The second-order valence-electron chi connectivity index (χ2n) is 4.26. The molecule has 0 radical (unpaired) electrons. The van der Waals surface area contributed by atoms with E-state index in [1.165, 1.54) is 0 Å². The van der Waals surface area contributed by atoms with Gasteiger partial charge in [-0.05, 0) is 35.6 Å². The van der Waals surface area contributed by atoms with Gasteiger partial charge in [0.25, 0.3) is 0 Å². The van der Waals surface area contributed by atoms with Crippen molar-refractivity contribution in [1.82, 2.24) is 0 Å². The van der Waals surface area contributed by atoms with Gasteiger partial charge in [-0.3, -0.25) is 0 Å². The predicted octanol–water partition coefficient (Wildman–Crippen LogP) is 3.51. The molecule has 0 saturated heterocycles. The van der Waals surface area contributed by atoms with Crippen LogP contribution < -0.4 is 9.47 Å². The molecule has 1 unspecified atom stereocenters. The molecule has 0 amide bonds. The second kappa shape index (κ2) is 6.68. The molecule has 2 aromatic carbocycles. The first-order chi connectivity index (χ1) is 9.71. The van der Waals surface area contributed by atoms with Crippen LogP contribution in [0.25, 0.3) is 0 Å². The van der Waals surface area contributed by atoms with Crippen LogP contribution in [0.4, 0.5) is 0 Å². The van der Waals surface area contributed by atoms with Crippen molar-refractivity contribution in [2.75, 3.05) is 20.5 Å². The Hall–Kier alpha value is -1.65. The topological polar surface area (TPSA) is 38.7 Å². The van der Waals surface area contributed by atoms with Crippen molar-refractivity contribution in [1.29, 1.82) is 0 Å². The summed E-state index contributed by atoms with van der Waals surface area (Å²) in [6.45, 7) is 0. The highest BCUT2D eigenvalue weighted by molar-refractivity contribution is 7.98. The lowest BCUT2D eigenvalue weighted by Gasteiger charge is -2.16. The maximum Gasteiger partial charge on any atom is 0.161 e. The van der Waals surface area contributed by atoms with Gasteiger partial charge in [-0.2, -0.15) is 0 Å². The monoisotopic (exact) mass is 290 g/mol. The Labute approximate surface area is 123 Å². The Kier molecular flexibility index (Phi) is 4.93. The number of methoxy groups -OCH3 is 2. The summed E-state index contributed by atoms with van der Waals surface area (Å²) in [5.41, 5.74) is 1.68. The van der Waals surface area contributed by atoms with Gasteiger partial charge < -0.3 is 14.6 Å². The lowest BCUT2D eigenvalue weighted by molar-refractivity contribution is 0.216. The second-order valence-corrected chi connectivity index (χ2v) is 5.11. The molecular weight excluding hydrogens is 272 g/mol. The summed E-state index contributed by atoms with van der Waals surface area (Å²) >= 11 is 1.62. The van der Waals surface area contributed by atoms with Gasteiger partial charge in [-0.15, -0.1) is 11.8 Å². The number of aliphatic hydroxyl groups is 1. The van der Waals surface area contributed by atoms with E-state index in [2.05, 4.69) is 0 Å². The SMILES string of the molecule is COc1ccc(C(O)c2ccccc2SC)cc1OC. The van der Waals surface area contributed by atoms with Crippen LogP contribution in [0.3, 0.4) is 0 Å². The largest absolute Gasteiger partial charge is 0.493 e. The fraction of sp³-hybridized carbons (Fsp3) is 0.250. The third kappa shape index (κ3) is 2.92. The third-order valence-electron chi connectivity index (χ3n) is 3.16. The summed E-state index contributed by atoms with van der Waals surface area (Å²) in [5.74, 6) is 1.27. The molecule has 0 heterocycles. The van der Waals surface area contributed by atoms with Crippen LogP contribution in [0.5, 0.6) is 11.5 Å². The van der Waals surface area contributed by atoms with Gasteiger partial charge in [-0.1, -0.05) is 24.3 Å². The molecule has 0 spiro atoms. The highest BCUT2D eigenvalue weighted by Crippen LogP contribution is 2.34. The fourth-order valence-electron chi connectivity index (χ4n) is 2.09. The van der Waals surface area contributed by atoms with E-state index >= 15 is 0 Å². The molecule has 20 heavy (non-hydrogen) atoms. The van der Waals surface area contributed by atoms with Crippen molar-refractivity contribution < 1.29 is 14.6 Å². The summed E-state index contributed by atoms with van der Waals surface area (Å²) in [6, 6.07) is 13.3. The van der Waals surface area contributed by atoms with Gasteiger partial charge in [0, 0.05) is 4.90 Å². The standard InChI is InChI=1S/C16H18O3S/c1-18-13-9-8-11(10-14(13)19-2)16(17)12-6-4-5-7-15(12)20-3/h4-10,16-17H,1-3H3. The first-order valence-electron chi connectivity index (χ1n) is 6.24. The number of thioether (sulfide) groups is 1. The van der Waals surface area contributed by atoms with Crippen molar-refractivity contribution in [3.05, 3.63) is 53.6 Å². The van der Waals surface area contributed by atoms with E-state index in [-0.39, 0.29) is 0 Å². The summed E-state index contributed by atoms with van der Waals surface area (Å²) in [6.07, 6.45) is 1.32. The minimum Gasteiger partial charge on any atom is -0.493 e. The fourth-order valence-corrected chi connectivity index (χ4v) is 2.72. The molecule has 3 nitrogen and oxygen atoms in total. The molecule has 4 heteroatoms. The molecule has 2 aromatic rings. The molecule has 0 aromatic heterocycles. The maximum absolute atomic E-state index is 10.6. The van der Waals surface area contributed by atoms with Crippen molar-refractivity contribution in [2.24, 2.45) is 0 Å². The van der Waals surface area contributed by atoms with E-state index < -0.39 is 6.10 Å². The number of hydrogen-bond acceptors (Lipinski definition) is 4. The lowest BCUT2D eigenvalue weighted by Crippen LogP contribution is -2.02. The zero-order chi connectivity index (χ0) is 14.5. The molecular formula is C16H18O3S. The molecule has 1 N–H and O–H groups in total. The van der Waals surface area contributed by atoms with Gasteiger partial charge in [0.2, 0.25) is 0 Å². The number of aliphatic hydroxyl groups excluding tert-OH is 1. The minimum atomic E-state index is -0.682. The number of rotatable bonds is 5. The number of ether oxygens (including phenoxy) is 2. The quantitative estimate of drug-likeness (QED) is 0.855. The maximum atomic E-state index is 10.6. The van der Waals surface area contributed by atoms with Crippen LogP contribution in [0.2, 0.25) is 0 Å². The smallest absolute Gasteiger partial charge is 0.161 e. The van der Waals surface area contributed by atoms with Crippen molar-refractivity contribution >= 4 is 11.8 Å². The Morgan fingerprint density at radius 2 is 1.70 bits per heavy atom. The van der Waals surface area contributed by atoms with Gasteiger partial charge >= 0.3 is 0 Å². The van der Waals surface area contributed by atoms with E-state index in [9.17, 15) is 5.11 Å². The first-order valence-corrected chi connectivity index (χ1v) is 7.46. The van der Waals surface area contributed by atoms with Crippen molar-refractivity contribution in [3.8, 4) is 11.5 Å². The van der Waals surface area contributed by atoms with Crippen molar-refractivity contribution in [3.63, 3.8) is 0 Å². The predicted molar refractivity (Wildman–Crippen MR) is 81.8 cm³/mol. The molecule has 106 valence electrons. The van der Waals surface area contributed by atoms with Gasteiger partial charge in [0.1, 0.15) is 6.10 Å². The number of hydrogen-bond donors (Lipinski definition) is 1. The normalized spacial score (nSPS) is 12.0. The molecule has 2 rings (SSSR count). The number of benzene rings is 2. The van der Waals surface area contributed by atoms with E-state index in [0.29, 0.717) is 11.5 Å². The zero-order valence-corrected chi connectivity index (χ0v) is 12.6. The molecule has 0 aliphatic rings. The Morgan fingerprint density at radius 1 is 1.00 bits per heavy atom. The van der Waals surface area contributed by atoms with Gasteiger partial charge in [0.05, 0.1) is 14.2 Å². The van der Waals surface area contributed by atoms with E-state index in [1.54, 1.807) is 38.1 Å². The Balaban J connectivity index is 2.40. The van der Waals surface area contributed by atoms with Crippen LogP contribution in [0, 0.1) is 0 Å². The van der Waals surface area contributed by atoms with Gasteiger partial charge in [0.15, 0.2) is 11.5 Å². The molecule has 0 bridgehead atoms. The van der Waals surface area contributed by atoms with Gasteiger partial charge in [-0.25, -0.2) is 0 Å². The Morgan fingerprint density at radius 3 is 2.35 bits per heavy atom. The van der Waals surface area contributed by atoms with Crippen LogP contribution >= 0.6 is 11.8 Å². The van der Waals surface area contributed by atoms with Crippen LogP contribution in [-0.4, -0.2) is 25.6 Å². The zero-order valence-electron chi connectivity index (χ0n) is 11.8. The van der Waals surface area contributed by atoms with Crippen LogP contribution in [-0.2, 0) is 0 Å². The van der Waals surface area contributed by atoms with Crippen molar-refractivity contribution in [2.45, 2.75) is 11.0 Å². The third-order valence-corrected chi connectivity index (χ3v) is 3.97. The summed E-state index contributed by atoms with van der Waals surface area (Å²) in [7, 11) is 3.18. The highest BCUT2D eigenvalue weighted by Gasteiger charge is 2.16. The van der Waals surface area contributed by atoms with Crippen LogP contribution in [0.1, 0.15) is 17.2 Å². The van der Waals surface area contributed by atoms with Crippen LogP contribution in [0.15, 0.2) is 47.4 Å². The van der Waals surface area contributed by atoms with E-state index in [1.807, 2.05) is 36.6 Å². The lowest BCUT2D eigenvalue weighted by atomic mass is 10.0. The molecule has 1 atom stereocenters. The van der Waals surface area contributed by atoms with E-state index in [0.717, 1.165) is 16.0 Å². The van der Waals surface area contributed by atoms with E-state index in [4.69, 9.17) is 9.47 Å². The highest BCUT2D eigenvalue weighted by atomic mass is 32.2.